The molecule has 0 N–H and O–H groups in total. The lowest BCUT2D eigenvalue weighted by molar-refractivity contribution is -0.146. The van der Waals surface area contributed by atoms with Crippen molar-refractivity contribution in [3.8, 4) is 0 Å². The van der Waals surface area contributed by atoms with Gasteiger partial charge in [-0.1, -0.05) is 23.2 Å². The maximum absolute atomic E-state index is 11.6. The fraction of sp³-hybridized carbons (Fsp3) is 0.889. The van der Waals surface area contributed by atoms with Crippen molar-refractivity contribution < 1.29 is 14.3 Å². The number of halogens is 2. The second-order valence-electron chi connectivity index (χ2n) is 3.29. The second kappa shape index (κ2) is 7.28. The van der Waals surface area contributed by atoms with Crippen LogP contribution in [-0.2, 0) is 14.3 Å². The van der Waals surface area contributed by atoms with E-state index in [0.717, 1.165) is 0 Å². The van der Waals surface area contributed by atoms with Gasteiger partial charge in [-0.25, -0.2) is 0 Å². The van der Waals surface area contributed by atoms with Crippen molar-refractivity contribution in [3.05, 3.63) is 0 Å². The molecule has 0 rings (SSSR count). The summed E-state index contributed by atoms with van der Waals surface area (Å²) in [5, 5.41) is 0. The topological polar surface area (TPSA) is 38.8 Å². The highest BCUT2D eigenvalue weighted by Gasteiger charge is 2.25. The van der Waals surface area contributed by atoms with Gasteiger partial charge in [-0.3, -0.25) is 4.79 Å². The van der Waals surface area contributed by atoms with Gasteiger partial charge in [0.05, 0.1) is 6.54 Å². The molecule has 4 nitrogen and oxygen atoms in total. The van der Waals surface area contributed by atoms with Crippen LogP contribution in [0.15, 0.2) is 0 Å². The number of alkyl halides is 2. The lowest BCUT2D eigenvalue weighted by atomic mass is 10.3. The highest BCUT2D eigenvalue weighted by molar-refractivity contribution is 6.53. The molecule has 0 spiro atoms. The van der Waals surface area contributed by atoms with E-state index in [1.165, 1.54) is 19.1 Å². The molecule has 0 aliphatic heterocycles. The molecular formula is C9H17Cl2NO3. The maximum atomic E-state index is 11.6. The Morgan fingerprint density at radius 1 is 1.27 bits per heavy atom. The molecule has 0 aliphatic carbocycles. The molecule has 0 fully saturated rings. The van der Waals surface area contributed by atoms with Crippen molar-refractivity contribution in [2.45, 2.75) is 31.0 Å². The van der Waals surface area contributed by atoms with Crippen LogP contribution in [0.4, 0.5) is 0 Å². The summed E-state index contributed by atoms with van der Waals surface area (Å²) in [4.78, 5) is 12.1. The van der Waals surface area contributed by atoms with E-state index in [4.69, 9.17) is 32.7 Å². The Labute approximate surface area is 100 Å². The van der Waals surface area contributed by atoms with E-state index in [9.17, 15) is 4.79 Å². The molecule has 1 amide bonds. The monoisotopic (exact) mass is 257 g/mol. The van der Waals surface area contributed by atoms with Gasteiger partial charge in [-0.15, -0.1) is 0 Å². The molecule has 0 aromatic rings. The van der Waals surface area contributed by atoms with E-state index in [1.54, 1.807) is 0 Å². The molecule has 0 aromatic heterocycles. The molecule has 15 heavy (non-hydrogen) atoms. The Bertz CT molecular complexity index is 196. The van der Waals surface area contributed by atoms with Crippen LogP contribution < -0.4 is 0 Å². The van der Waals surface area contributed by atoms with E-state index < -0.39 is 11.1 Å². The minimum absolute atomic E-state index is 0.00898. The third-order valence-corrected chi connectivity index (χ3v) is 2.34. The molecule has 0 heterocycles. The van der Waals surface area contributed by atoms with E-state index in [1.807, 2.05) is 13.8 Å². The highest BCUT2D eigenvalue weighted by atomic mass is 35.5. The molecule has 0 radical (unpaired) electrons. The van der Waals surface area contributed by atoms with Crippen LogP contribution in [0.25, 0.3) is 0 Å². The molecule has 90 valence electrons. The predicted octanol–water partition coefficient (Wildman–Crippen LogP) is 1.65. The Morgan fingerprint density at radius 3 is 2.00 bits per heavy atom. The number of rotatable bonds is 6. The molecule has 0 atom stereocenters. The summed E-state index contributed by atoms with van der Waals surface area (Å²) in [5.41, 5.74) is 0. The Morgan fingerprint density at radius 2 is 1.73 bits per heavy atom. The summed E-state index contributed by atoms with van der Waals surface area (Å²) in [5.74, 6) is -0.340. The lowest BCUT2D eigenvalue weighted by Gasteiger charge is -2.30. The van der Waals surface area contributed by atoms with Gasteiger partial charge in [-0.2, -0.15) is 0 Å². The van der Waals surface area contributed by atoms with Crippen LogP contribution in [-0.4, -0.2) is 48.7 Å². The fourth-order valence-corrected chi connectivity index (χ4v) is 1.34. The van der Waals surface area contributed by atoms with Crippen molar-refractivity contribution in [1.82, 2.24) is 4.90 Å². The van der Waals surface area contributed by atoms with Gasteiger partial charge in [0.1, 0.15) is 0 Å². The number of nitrogens with zero attached hydrogens (tertiary/aromatic N) is 1. The minimum Gasteiger partial charge on any atom is -0.354 e. The Kier molecular flexibility index (Phi) is 7.26. The number of hydrogen-bond donors (Lipinski definition) is 0. The van der Waals surface area contributed by atoms with Crippen LogP contribution in [0.2, 0.25) is 0 Å². The third-order valence-electron chi connectivity index (χ3n) is 1.96. The van der Waals surface area contributed by atoms with Crippen molar-refractivity contribution in [3.63, 3.8) is 0 Å². The number of hydrogen-bond acceptors (Lipinski definition) is 3. The molecule has 0 saturated heterocycles. The van der Waals surface area contributed by atoms with Crippen LogP contribution >= 0.6 is 23.2 Å². The first-order valence-electron chi connectivity index (χ1n) is 4.58. The molecule has 0 aliphatic rings. The highest BCUT2D eigenvalue weighted by Crippen LogP contribution is 2.11. The van der Waals surface area contributed by atoms with Gasteiger partial charge in [0.15, 0.2) is 11.1 Å². The van der Waals surface area contributed by atoms with Crippen LogP contribution in [0.3, 0.4) is 0 Å². The van der Waals surface area contributed by atoms with Crippen LogP contribution in [0, 0.1) is 0 Å². The van der Waals surface area contributed by atoms with E-state index >= 15 is 0 Å². The quantitative estimate of drug-likeness (QED) is 0.537. The van der Waals surface area contributed by atoms with Gasteiger partial charge < -0.3 is 14.4 Å². The first-order chi connectivity index (χ1) is 6.93. The summed E-state index contributed by atoms with van der Waals surface area (Å²) >= 11 is 11.1. The van der Waals surface area contributed by atoms with E-state index in [-0.39, 0.29) is 11.9 Å². The van der Waals surface area contributed by atoms with Crippen molar-refractivity contribution in [1.29, 1.82) is 0 Å². The molecule has 0 unspecified atom stereocenters. The zero-order valence-corrected chi connectivity index (χ0v) is 10.9. The number of amides is 1. The van der Waals surface area contributed by atoms with E-state index in [0.29, 0.717) is 6.54 Å². The summed E-state index contributed by atoms with van der Waals surface area (Å²) in [6.07, 6.45) is -0.469. The maximum Gasteiger partial charge on any atom is 0.256 e. The summed E-state index contributed by atoms with van der Waals surface area (Å²) in [6.45, 7) is 4.05. The zero-order chi connectivity index (χ0) is 12.0. The van der Waals surface area contributed by atoms with Gasteiger partial charge in [0, 0.05) is 20.3 Å². The zero-order valence-electron chi connectivity index (χ0n) is 9.37. The lowest BCUT2D eigenvalue weighted by Crippen LogP contribution is -2.45. The van der Waals surface area contributed by atoms with Crippen molar-refractivity contribution in [2.24, 2.45) is 0 Å². The third kappa shape index (κ3) is 5.02. The smallest absolute Gasteiger partial charge is 0.256 e. The van der Waals surface area contributed by atoms with Crippen LogP contribution in [0.5, 0.6) is 0 Å². The van der Waals surface area contributed by atoms with Gasteiger partial charge in [-0.05, 0) is 13.8 Å². The number of ether oxygens (including phenoxy) is 2. The Hall–Kier alpha value is -0.0300. The molecule has 6 heteroatoms. The standard InChI is InChI=1S/C9H17Cl2NO3/c1-6(2)12(9(13)8(10)11)5-7(14-3)15-4/h6-8H,5H2,1-4H3. The normalized spacial score (nSPS) is 11.5. The van der Waals surface area contributed by atoms with Crippen molar-refractivity contribution in [2.75, 3.05) is 20.8 Å². The number of carbonyl (C=O) groups is 1. The summed E-state index contributed by atoms with van der Waals surface area (Å²) in [7, 11) is 3.02. The SMILES string of the molecule is COC(CN(C(=O)C(Cl)Cl)C(C)C)OC. The van der Waals surface area contributed by atoms with Gasteiger partial charge in [0.2, 0.25) is 0 Å². The molecule has 0 aromatic carbocycles. The summed E-state index contributed by atoms with van der Waals surface area (Å²) in [6, 6.07) is -0.00898. The fourth-order valence-electron chi connectivity index (χ4n) is 1.09. The Balaban J connectivity index is 4.46. The minimum atomic E-state index is -1.05. The predicted molar refractivity (Wildman–Crippen MR) is 60.1 cm³/mol. The number of methoxy groups -OCH3 is 2. The molecular weight excluding hydrogens is 241 g/mol. The molecule has 0 bridgehead atoms. The average molecular weight is 258 g/mol. The largest absolute Gasteiger partial charge is 0.354 e. The van der Waals surface area contributed by atoms with Crippen LogP contribution in [0.1, 0.15) is 13.8 Å². The van der Waals surface area contributed by atoms with Gasteiger partial charge in [0.25, 0.3) is 5.91 Å². The summed E-state index contributed by atoms with van der Waals surface area (Å²) < 4.78 is 10.0. The van der Waals surface area contributed by atoms with Crippen molar-refractivity contribution >= 4 is 29.1 Å². The number of carbonyl (C=O) groups excluding carboxylic acids is 1. The van der Waals surface area contributed by atoms with E-state index in [2.05, 4.69) is 0 Å². The first-order valence-corrected chi connectivity index (χ1v) is 5.45. The second-order valence-corrected chi connectivity index (χ2v) is 4.38. The van der Waals surface area contributed by atoms with Gasteiger partial charge >= 0.3 is 0 Å². The molecule has 0 saturated carbocycles. The first kappa shape index (κ1) is 15.0. The average Bonchev–Trinajstić information content (AvgIpc) is 2.18.